The summed E-state index contributed by atoms with van der Waals surface area (Å²) < 4.78 is 9.50. The highest BCUT2D eigenvalue weighted by Gasteiger charge is 1.95. The molecule has 530 valence electrons. The molecule has 12 N–H and O–H groups in total. The van der Waals surface area contributed by atoms with E-state index in [4.69, 9.17) is 15.2 Å². The number of benzene rings is 8. The van der Waals surface area contributed by atoms with E-state index in [9.17, 15) is 4.39 Å². The molecule has 0 saturated heterocycles. The number of aromatic nitrogens is 1. The maximum Gasteiger partial charge on any atom is 0.194 e. The monoisotopic (exact) mass is 1330 g/mol. The minimum absolute atomic E-state index is 0.500. The number of alkyl halides is 2. The fraction of sp³-hybridized carbons (Fsp3) is 0.321. The van der Waals surface area contributed by atoms with Gasteiger partial charge < -0.3 is 58.7 Å². The van der Waals surface area contributed by atoms with Crippen molar-refractivity contribution in [3.8, 4) is 0 Å². The molecule has 0 aliphatic heterocycles. The summed E-state index contributed by atoms with van der Waals surface area (Å²) in [4.78, 5) is 12.2. The van der Waals surface area contributed by atoms with Crippen LogP contribution in [0.4, 0.5) is 55.6 Å². The molecule has 0 spiro atoms. The van der Waals surface area contributed by atoms with Gasteiger partial charge in [-0.1, -0.05) is 208 Å². The summed E-state index contributed by atoms with van der Waals surface area (Å²) in [5.74, 6) is 0.833. The summed E-state index contributed by atoms with van der Waals surface area (Å²) in [6, 6.07) is 84.4. The highest BCUT2D eigenvalue weighted by molar-refractivity contribution is 6.15. The number of aliphatic hydroxyl groups excluding tert-OH is 1. The molecule has 0 atom stereocenters. The van der Waals surface area contributed by atoms with Gasteiger partial charge in [-0.25, -0.2) is 0 Å². The summed E-state index contributed by atoms with van der Waals surface area (Å²) in [7, 11) is 21.1. The van der Waals surface area contributed by atoms with Gasteiger partial charge in [0.25, 0.3) is 0 Å². The predicted molar refractivity (Wildman–Crippen MR) is 429 cm³/mol. The maximum atomic E-state index is 9.50. The number of pyridine rings is 1. The third-order valence-corrected chi connectivity index (χ3v) is 9.45. The fourth-order valence-electron chi connectivity index (χ4n) is 5.35. The quantitative estimate of drug-likeness (QED) is 0.0369. The molecule has 0 aliphatic rings. The SMILES string of the molecule is CC.CC(C)(C)C.CC(C)C.CCl.CF.CN.CNc1ccccc1.CNc1ccccc1.CNc1ccccc1.CNc1ccccc1.CNc1ccccc1.CNc1ccccc1.CNc1ccccc1.CNc1ccccc1.CNc1cccnc1.CO.C[N+](=O)[O-]. The molecule has 0 bridgehead atoms. The van der Waals surface area contributed by atoms with Crippen LogP contribution in [0.1, 0.15) is 62.3 Å². The maximum absolute atomic E-state index is 9.50. The van der Waals surface area contributed by atoms with Gasteiger partial charge in [0.1, 0.15) is 0 Å². The fourth-order valence-corrected chi connectivity index (χ4v) is 5.35. The molecule has 9 rings (SSSR count). The lowest BCUT2D eigenvalue weighted by atomic mass is 10.0. The van der Waals surface area contributed by atoms with Crippen LogP contribution in [0.25, 0.3) is 0 Å². The van der Waals surface area contributed by atoms with Crippen LogP contribution in [0, 0.1) is 21.4 Å². The zero-order valence-electron chi connectivity index (χ0n) is 62.0. The van der Waals surface area contributed by atoms with Gasteiger partial charge in [-0.05, 0) is 128 Å². The van der Waals surface area contributed by atoms with E-state index in [-0.39, 0.29) is 0 Å². The van der Waals surface area contributed by atoms with Crippen LogP contribution >= 0.6 is 11.6 Å². The smallest absolute Gasteiger partial charge is 0.194 e. The Morgan fingerprint density at radius 2 is 0.474 bits per heavy atom. The Morgan fingerprint density at radius 1 is 0.368 bits per heavy atom. The van der Waals surface area contributed by atoms with Crippen molar-refractivity contribution in [1.82, 2.24) is 4.98 Å². The molecular formula is C78H126ClFN12O3. The van der Waals surface area contributed by atoms with Crippen molar-refractivity contribution < 1.29 is 14.4 Å². The number of para-hydroxylation sites is 8. The molecule has 0 fully saturated rings. The van der Waals surface area contributed by atoms with Gasteiger partial charge in [0, 0.05) is 140 Å². The highest BCUT2D eigenvalue weighted by Crippen LogP contribution is 2.09. The molecule has 17 heteroatoms. The lowest BCUT2D eigenvalue weighted by Gasteiger charge is -2.05. The second-order valence-electron chi connectivity index (χ2n) is 19.6. The van der Waals surface area contributed by atoms with E-state index in [1.54, 1.807) is 12.4 Å². The van der Waals surface area contributed by atoms with Gasteiger partial charge in [0.05, 0.1) is 12.9 Å². The van der Waals surface area contributed by atoms with Crippen molar-refractivity contribution in [2.24, 2.45) is 17.1 Å². The number of nitrogens with one attached hydrogen (secondary N) is 9. The third-order valence-electron chi connectivity index (χ3n) is 9.45. The second-order valence-corrected chi connectivity index (χ2v) is 19.6. The zero-order chi connectivity index (χ0) is 74.0. The van der Waals surface area contributed by atoms with Crippen molar-refractivity contribution in [3.63, 3.8) is 0 Å². The van der Waals surface area contributed by atoms with E-state index in [2.05, 4.69) is 119 Å². The Balaban J connectivity index is -0.000000144. The molecule has 8 aromatic carbocycles. The van der Waals surface area contributed by atoms with E-state index >= 15 is 0 Å². The molecule has 1 heterocycles. The topological polar surface area (TPSA) is 211 Å². The molecule has 0 saturated carbocycles. The summed E-state index contributed by atoms with van der Waals surface area (Å²) >= 11 is 4.64. The number of aliphatic hydroxyl groups is 1. The van der Waals surface area contributed by atoms with Gasteiger partial charge >= 0.3 is 0 Å². The van der Waals surface area contributed by atoms with Crippen LogP contribution in [0.5, 0.6) is 0 Å². The number of nitrogens with two attached hydrogens (primary N) is 1. The average Bonchev–Trinajstić information content (AvgIpc) is 3.72. The lowest BCUT2D eigenvalue weighted by molar-refractivity contribution is -0.445. The van der Waals surface area contributed by atoms with Gasteiger partial charge in [0.15, 0.2) is 7.05 Å². The number of anilines is 9. The Kier molecular flexibility index (Phi) is 90.7. The van der Waals surface area contributed by atoms with E-state index in [1.165, 1.54) is 13.4 Å². The normalized spacial score (nSPS) is 8.13. The molecule has 1 aromatic heterocycles. The lowest BCUT2D eigenvalue weighted by Crippen LogP contribution is -1.93. The molecule has 9 aromatic rings. The number of hydrogen-bond donors (Lipinski definition) is 11. The number of nitro groups is 1. The van der Waals surface area contributed by atoms with Crippen molar-refractivity contribution in [3.05, 3.63) is 277 Å². The molecule has 0 radical (unpaired) electrons. The molecule has 0 unspecified atom stereocenters. The second kappa shape index (κ2) is 84.7. The predicted octanol–water partition coefficient (Wildman–Crippen LogP) is 20.2. The minimum atomic E-state index is -0.500. The summed E-state index contributed by atoms with van der Waals surface area (Å²) in [6.45, 7) is 19.2. The molecule has 0 amide bonds. The van der Waals surface area contributed by atoms with Crippen molar-refractivity contribution in [2.75, 3.05) is 146 Å². The largest absolute Gasteiger partial charge is 0.400 e. The van der Waals surface area contributed by atoms with Crippen molar-refractivity contribution >= 4 is 62.8 Å². The van der Waals surface area contributed by atoms with Crippen LogP contribution in [0.15, 0.2) is 267 Å². The molecular weight excluding hydrogens is 1210 g/mol. The van der Waals surface area contributed by atoms with Gasteiger partial charge in [-0.2, -0.15) is 0 Å². The van der Waals surface area contributed by atoms with E-state index in [1.807, 2.05) is 332 Å². The number of nitrogens with zero attached hydrogens (tertiary/aromatic N) is 2. The van der Waals surface area contributed by atoms with E-state index in [0.717, 1.165) is 71.3 Å². The van der Waals surface area contributed by atoms with Gasteiger partial charge in [-0.15, -0.1) is 11.6 Å². The first-order valence-corrected chi connectivity index (χ1v) is 31.9. The number of halogens is 2. The van der Waals surface area contributed by atoms with Crippen LogP contribution in [-0.4, -0.2) is 113 Å². The first-order chi connectivity index (χ1) is 45.9. The Bertz CT molecular complexity index is 2160. The van der Waals surface area contributed by atoms with Crippen molar-refractivity contribution in [2.45, 2.75) is 62.3 Å². The Hall–Kier alpha value is -9.35. The summed E-state index contributed by atoms with van der Waals surface area (Å²) in [5.41, 5.74) is 15.3. The average molecular weight is 1330 g/mol. The number of hydrogen-bond acceptors (Lipinski definition) is 14. The summed E-state index contributed by atoms with van der Waals surface area (Å²) in [5, 5.41) is 43.0. The van der Waals surface area contributed by atoms with Gasteiger partial charge in [-0.3, -0.25) is 19.5 Å². The Morgan fingerprint density at radius 3 is 0.537 bits per heavy atom. The molecule has 15 nitrogen and oxygen atoms in total. The van der Waals surface area contributed by atoms with Crippen LogP contribution in [0.2, 0.25) is 0 Å². The summed E-state index contributed by atoms with van der Waals surface area (Å²) in [6.07, 6.45) is 5.00. The molecule has 95 heavy (non-hydrogen) atoms. The first kappa shape index (κ1) is 102. The van der Waals surface area contributed by atoms with Crippen molar-refractivity contribution in [1.29, 1.82) is 0 Å². The standard InChI is InChI=1S/8C7H9N.C6H8N2.C5H12.C4H10.C2H6.CH3Cl.CH3F.CH3NO2.CH5N.CH4O/c8*1-8-7-5-3-2-4-6-7;1-7-6-3-2-4-8-5-6;1-5(2,3)4;1-4(2)3;3*1-2;1-2(3)4;2*1-2/h8*2-6,8H,1H3;2-5,7H,1H3;1-4H3;4H,1-3H3;1-2H3;2*1H3;1H3;2H2,1H3;2H,1H3. The zero-order valence-corrected chi connectivity index (χ0v) is 62.7. The van der Waals surface area contributed by atoms with Crippen LogP contribution < -0.4 is 53.6 Å². The van der Waals surface area contributed by atoms with E-state index in [0.29, 0.717) is 12.6 Å². The minimum Gasteiger partial charge on any atom is -0.400 e. The van der Waals surface area contributed by atoms with Crippen LogP contribution in [-0.2, 0) is 0 Å². The number of rotatable bonds is 9. The Labute approximate surface area is 582 Å². The van der Waals surface area contributed by atoms with Crippen LogP contribution in [0.3, 0.4) is 0 Å². The third kappa shape index (κ3) is 88.9. The van der Waals surface area contributed by atoms with Gasteiger partial charge in [0.2, 0.25) is 0 Å². The first-order valence-electron chi connectivity index (χ1n) is 31.1. The molecule has 0 aliphatic carbocycles. The highest BCUT2D eigenvalue weighted by atomic mass is 35.5. The van der Waals surface area contributed by atoms with E-state index < -0.39 is 4.92 Å².